The van der Waals surface area contributed by atoms with Gasteiger partial charge in [0, 0.05) is 19.5 Å². The van der Waals surface area contributed by atoms with Crippen LogP contribution in [0.4, 0.5) is 0 Å². The lowest BCUT2D eigenvalue weighted by molar-refractivity contribution is -0.121. The third-order valence-electron chi connectivity index (χ3n) is 3.06. The van der Waals surface area contributed by atoms with Crippen molar-refractivity contribution in [2.45, 2.75) is 38.5 Å². The molecule has 1 aliphatic rings. The Hall–Kier alpha value is -0.610. The molecule has 3 N–H and O–H groups in total. The smallest absolute Gasteiger partial charge is 0.220 e. The molecule has 4 nitrogen and oxygen atoms in total. The van der Waals surface area contributed by atoms with Crippen molar-refractivity contribution >= 4 is 5.91 Å². The standard InChI is InChI=1S/C12H25N3O/c13-7-5-6-12(16)14-8-11-15-9-3-1-2-4-10-15/h1-11,13H2,(H,14,16). The van der Waals surface area contributed by atoms with Crippen molar-refractivity contribution in [3.8, 4) is 0 Å². The van der Waals surface area contributed by atoms with Gasteiger partial charge in [-0.3, -0.25) is 4.79 Å². The van der Waals surface area contributed by atoms with Gasteiger partial charge in [-0.15, -0.1) is 0 Å². The van der Waals surface area contributed by atoms with Gasteiger partial charge in [0.05, 0.1) is 0 Å². The van der Waals surface area contributed by atoms with E-state index < -0.39 is 0 Å². The van der Waals surface area contributed by atoms with Crippen LogP contribution < -0.4 is 11.1 Å². The number of nitrogens with one attached hydrogen (secondary N) is 1. The van der Waals surface area contributed by atoms with Crippen LogP contribution in [-0.2, 0) is 4.79 Å². The van der Waals surface area contributed by atoms with Gasteiger partial charge >= 0.3 is 0 Å². The second-order valence-electron chi connectivity index (χ2n) is 4.50. The Kier molecular flexibility index (Phi) is 7.17. The molecule has 0 unspecified atom stereocenters. The Morgan fingerprint density at radius 2 is 1.88 bits per heavy atom. The molecule has 0 aliphatic carbocycles. The molecular weight excluding hydrogens is 202 g/mol. The Morgan fingerprint density at radius 1 is 1.19 bits per heavy atom. The molecule has 0 spiro atoms. The first-order chi connectivity index (χ1) is 7.83. The van der Waals surface area contributed by atoms with E-state index in [1.807, 2.05) is 0 Å². The van der Waals surface area contributed by atoms with Crippen molar-refractivity contribution in [2.24, 2.45) is 5.73 Å². The van der Waals surface area contributed by atoms with Gasteiger partial charge in [0.1, 0.15) is 0 Å². The summed E-state index contributed by atoms with van der Waals surface area (Å²) in [5.41, 5.74) is 5.35. The molecular formula is C12H25N3O. The van der Waals surface area contributed by atoms with Crippen LogP contribution in [0.3, 0.4) is 0 Å². The zero-order valence-electron chi connectivity index (χ0n) is 10.2. The van der Waals surface area contributed by atoms with Crippen molar-refractivity contribution in [3.63, 3.8) is 0 Å². The van der Waals surface area contributed by atoms with Crippen LogP contribution in [0.25, 0.3) is 0 Å². The minimum absolute atomic E-state index is 0.139. The summed E-state index contributed by atoms with van der Waals surface area (Å²) in [4.78, 5) is 13.8. The van der Waals surface area contributed by atoms with E-state index in [9.17, 15) is 4.79 Å². The maximum Gasteiger partial charge on any atom is 0.220 e. The zero-order chi connectivity index (χ0) is 11.6. The topological polar surface area (TPSA) is 58.4 Å². The van der Waals surface area contributed by atoms with Gasteiger partial charge in [0.25, 0.3) is 0 Å². The van der Waals surface area contributed by atoms with Crippen molar-refractivity contribution < 1.29 is 4.79 Å². The van der Waals surface area contributed by atoms with Crippen LogP contribution in [0.1, 0.15) is 38.5 Å². The average molecular weight is 227 g/mol. The largest absolute Gasteiger partial charge is 0.355 e. The Balaban J connectivity index is 2.02. The first-order valence-corrected chi connectivity index (χ1v) is 6.52. The lowest BCUT2D eigenvalue weighted by Crippen LogP contribution is -2.35. The molecule has 1 amide bonds. The van der Waals surface area contributed by atoms with Gasteiger partial charge in [-0.1, -0.05) is 12.8 Å². The van der Waals surface area contributed by atoms with E-state index in [0.717, 1.165) is 19.5 Å². The van der Waals surface area contributed by atoms with Gasteiger partial charge < -0.3 is 16.0 Å². The van der Waals surface area contributed by atoms with Gasteiger partial charge in [-0.05, 0) is 38.9 Å². The summed E-state index contributed by atoms with van der Waals surface area (Å²) >= 11 is 0. The summed E-state index contributed by atoms with van der Waals surface area (Å²) in [5, 5.41) is 2.95. The summed E-state index contributed by atoms with van der Waals surface area (Å²) in [6.07, 6.45) is 6.69. The molecule has 1 aliphatic heterocycles. The molecule has 0 aromatic rings. The van der Waals surface area contributed by atoms with E-state index in [-0.39, 0.29) is 5.91 Å². The minimum Gasteiger partial charge on any atom is -0.355 e. The second-order valence-corrected chi connectivity index (χ2v) is 4.50. The molecule has 4 heteroatoms. The van der Waals surface area contributed by atoms with Crippen LogP contribution in [-0.4, -0.2) is 43.5 Å². The second kappa shape index (κ2) is 8.53. The van der Waals surface area contributed by atoms with Crippen molar-refractivity contribution in [1.82, 2.24) is 10.2 Å². The zero-order valence-corrected chi connectivity index (χ0v) is 10.2. The third kappa shape index (κ3) is 6.08. The Bertz CT molecular complexity index is 189. The molecule has 0 aromatic carbocycles. The fraction of sp³-hybridized carbons (Fsp3) is 0.917. The van der Waals surface area contributed by atoms with E-state index in [4.69, 9.17) is 5.73 Å². The summed E-state index contributed by atoms with van der Waals surface area (Å²) in [6, 6.07) is 0. The lowest BCUT2D eigenvalue weighted by atomic mass is 10.2. The number of carbonyl (C=O) groups excluding carboxylic acids is 1. The lowest BCUT2D eigenvalue weighted by Gasteiger charge is -2.19. The molecule has 0 atom stereocenters. The van der Waals surface area contributed by atoms with Gasteiger partial charge in [0.2, 0.25) is 5.91 Å². The molecule has 0 saturated carbocycles. The highest BCUT2D eigenvalue weighted by Gasteiger charge is 2.08. The Labute approximate surface area is 98.6 Å². The third-order valence-corrected chi connectivity index (χ3v) is 3.06. The predicted molar refractivity (Wildman–Crippen MR) is 66.2 cm³/mol. The molecule has 0 bridgehead atoms. The molecule has 0 aromatic heterocycles. The molecule has 16 heavy (non-hydrogen) atoms. The number of hydrogen-bond donors (Lipinski definition) is 2. The van der Waals surface area contributed by atoms with Crippen molar-refractivity contribution in [2.75, 3.05) is 32.7 Å². The number of amides is 1. The highest BCUT2D eigenvalue weighted by Crippen LogP contribution is 2.08. The van der Waals surface area contributed by atoms with Gasteiger partial charge in [-0.2, -0.15) is 0 Å². The first kappa shape index (κ1) is 13.5. The maximum atomic E-state index is 11.3. The van der Waals surface area contributed by atoms with Crippen LogP contribution in [0.15, 0.2) is 0 Å². The van der Waals surface area contributed by atoms with E-state index in [2.05, 4.69) is 10.2 Å². The van der Waals surface area contributed by atoms with Crippen LogP contribution in [0, 0.1) is 0 Å². The number of likely N-dealkylation sites (tertiary alicyclic amines) is 1. The summed E-state index contributed by atoms with van der Waals surface area (Å²) in [7, 11) is 0. The number of nitrogens with two attached hydrogens (primary N) is 1. The van der Waals surface area contributed by atoms with Crippen LogP contribution >= 0.6 is 0 Å². The molecule has 1 heterocycles. The van der Waals surface area contributed by atoms with Gasteiger partial charge in [-0.25, -0.2) is 0 Å². The number of rotatable bonds is 6. The van der Waals surface area contributed by atoms with Crippen LogP contribution in [0.2, 0.25) is 0 Å². The van der Waals surface area contributed by atoms with E-state index in [0.29, 0.717) is 13.0 Å². The number of hydrogen-bond acceptors (Lipinski definition) is 3. The fourth-order valence-corrected chi connectivity index (χ4v) is 2.06. The highest BCUT2D eigenvalue weighted by atomic mass is 16.1. The number of nitrogens with zero attached hydrogens (tertiary/aromatic N) is 1. The van der Waals surface area contributed by atoms with Crippen molar-refractivity contribution in [3.05, 3.63) is 0 Å². The minimum atomic E-state index is 0.139. The SMILES string of the molecule is NCCCC(=O)NCCN1CCCCCC1. The van der Waals surface area contributed by atoms with E-state index >= 15 is 0 Å². The quantitative estimate of drug-likeness (QED) is 0.703. The van der Waals surface area contributed by atoms with E-state index in [1.54, 1.807) is 0 Å². The number of carbonyl (C=O) groups is 1. The summed E-state index contributed by atoms with van der Waals surface area (Å²) < 4.78 is 0. The fourth-order valence-electron chi connectivity index (χ4n) is 2.06. The molecule has 0 radical (unpaired) electrons. The monoisotopic (exact) mass is 227 g/mol. The van der Waals surface area contributed by atoms with Crippen molar-refractivity contribution in [1.29, 1.82) is 0 Å². The van der Waals surface area contributed by atoms with Crippen LogP contribution in [0.5, 0.6) is 0 Å². The molecule has 1 fully saturated rings. The highest BCUT2D eigenvalue weighted by molar-refractivity contribution is 5.75. The van der Waals surface area contributed by atoms with E-state index in [1.165, 1.54) is 38.8 Å². The summed E-state index contributed by atoms with van der Waals surface area (Å²) in [6.45, 7) is 4.76. The molecule has 94 valence electrons. The average Bonchev–Trinajstić information content (AvgIpc) is 2.55. The Morgan fingerprint density at radius 3 is 2.50 bits per heavy atom. The normalized spacial score (nSPS) is 18.1. The first-order valence-electron chi connectivity index (χ1n) is 6.52. The maximum absolute atomic E-state index is 11.3. The van der Waals surface area contributed by atoms with Gasteiger partial charge in [0.15, 0.2) is 0 Å². The molecule has 1 rings (SSSR count). The summed E-state index contributed by atoms with van der Waals surface area (Å²) in [5.74, 6) is 0.139. The predicted octanol–water partition coefficient (Wildman–Crippen LogP) is 0.718. The molecule has 1 saturated heterocycles.